The van der Waals surface area contributed by atoms with Crippen LogP contribution in [0.1, 0.15) is 64.0 Å². The smallest absolute Gasteiger partial charge is 0.318 e. The van der Waals surface area contributed by atoms with Gasteiger partial charge in [0.15, 0.2) is 0 Å². The molecule has 0 unspecified atom stereocenters. The Morgan fingerprint density at radius 1 is 1.38 bits per heavy atom. The molecule has 1 saturated carbocycles. The Labute approximate surface area is 145 Å². The zero-order valence-corrected chi connectivity index (χ0v) is 15.5. The highest BCUT2D eigenvalue weighted by Gasteiger charge is 2.31. The number of hydrogen-bond donors (Lipinski definition) is 1. The van der Waals surface area contributed by atoms with Crippen molar-refractivity contribution in [1.82, 2.24) is 24.7 Å². The summed E-state index contributed by atoms with van der Waals surface area (Å²) in [6.45, 7) is 8.96. The van der Waals surface area contributed by atoms with E-state index in [-0.39, 0.29) is 12.1 Å². The number of carbonyl (C=O) groups excluding carboxylic acids is 1. The zero-order chi connectivity index (χ0) is 17.3. The lowest BCUT2D eigenvalue weighted by Crippen LogP contribution is -2.49. The molecule has 2 amide bonds. The summed E-state index contributed by atoms with van der Waals surface area (Å²) in [5.74, 6) is 1.01. The minimum Gasteiger partial charge on any atom is -0.335 e. The third-order valence-electron chi connectivity index (χ3n) is 5.61. The molecule has 0 bridgehead atoms. The molecule has 1 atom stereocenters. The maximum absolute atomic E-state index is 12.6. The van der Waals surface area contributed by atoms with Crippen LogP contribution in [0.5, 0.6) is 0 Å². The van der Waals surface area contributed by atoms with Crippen molar-refractivity contribution in [3.05, 3.63) is 17.7 Å². The molecule has 2 heterocycles. The molecule has 6 heteroatoms. The van der Waals surface area contributed by atoms with Gasteiger partial charge in [-0.15, -0.1) is 0 Å². The standard InChI is InChI=1S/C18H31N5O/c1-13(2)21(4)12-16-11-19-17-14(3)22(9-10-23(16)17)18(24)20-15-7-5-6-8-15/h11,13-15H,5-10,12H2,1-4H3,(H,20,24)/t14-/m1/s1. The fourth-order valence-corrected chi connectivity index (χ4v) is 3.73. The number of carbonyl (C=O) groups is 1. The lowest BCUT2D eigenvalue weighted by atomic mass is 10.2. The lowest BCUT2D eigenvalue weighted by molar-refractivity contribution is 0.155. The van der Waals surface area contributed by atoms with E-state index in [1.54, 1.807) is 0 Å². The number of amides is 2. The van der Waals surface area contributed by atoms with E-state index in [9.17, 15) is 4.79 Å². The third kappa shape index (κ3) is 3.43. The van der Waals surface area contributed by atoms with Crippen molar-refractivity contribution in [2.24, 2.45) is 0 Å². The highest BCUT2D eigenvalue weighted by Crippen LogP contribution is 2.26. The molecule has 1 aromatic heterocycles. The normalized spacial score (nSPS) is 21.6. The van der Waals surface area contributed by atoms with Gasteiger partial charge in [0, 0.05) is 37.9 Å². The van der Waals surface area contributed by atoms with E-state index in [4.69, 9.17) is 0 Å². The van der Waals surface area contributed by atoms with Gasteiger partial charge in [-0.25, -0.2) is 9.78 Å². The van der Waals surface area contributed by atoms with E-state index in [0.717, 1.165) is 38.3 Å². The Balaban J connectivity index is 1.68. The van der Waals surface area contributed by atoms with Gasteiger partial charge in [-0.3, -0.25) is 4.90 Å². The van der Waals surface area contributed by atoms with Gasteiger partial charge in [0.25, 0.3) is 0 Å². The first-order valence-corrected chi connectivity index (χ1v) is 9.29. The number of hydrogen-bond acceptors (Lipinski definition) is 3. The van der Waals surface area contributed by atoms with Gasteiger partial charge in [-0.1, -0.05) is 12.8 Å². The van der Waals surface area contributed by atoms with Crippen LogP contribution in [0.2, 0.25) is 0 Å². The fourth-order valence-electron chi connectivity index (χ4n) is 3.73. The molecular formula is C18H31N5O. The van der Waals surface area contributed by atoms with E-state index in [2.05, 4.69) is 47.6 Å². The highest BCUT2D eigenvalue weighted by atomic mass is 16.2. The summed E-state index contributed by atoms with van der Waals surface area (Å²) < 4.78 is 2.29. The van der Waals surface area contributed by atoms with Gasteiger partial charge in [0.1, 0.15) is 5.82 Å². The molecule has 134 valence electrons. The van der Waals surface area contributed by atoms with Crippen molar-refractivity contribution in [2.75, 3.05) is 13.6 Å². The molecule has 6 nitrogen and oxygen atoms in total. The van der Waals surface area contributed by atoms with E-state index in [0.29, 0.717) is 12.1 Å². The summed E-state index contributed by atoms with van der Waals surface area (Å²) in [5, 5.41) is 3.21. The number of fused-ring (bicyclic) bond motifs is 1. The Morgan fingerprint density at radius 2 is 2.08 bits per heavy atom. The van der Waals surface area contributed by atoms with Gasteiger partial charge < -0.3 is 14.8 Å². The molecule has 1 fully saturated rings. The predicted octanol–water partition coefficient (Wildman–Crippen LogP) is 2.75. The van der Waals surface area contributed by atoms with Crippen molar-refractivity contribution in [3.63, 3.8) is 0 Å². The van der Waals surface area contributed by atoms with E-state index in [1.165, 1.54) is 18.5 Å². The van der Waals surface area contributed by atoms with Crippen molar-refractivity contribution in [1.29, 1.82) is 0 Å². The van der Waals surface area contributed by atoms with Crippen molar-refractivity contribution >= 4 is 6.03 Å². The average molecular weight is 333 g/mol. The summed E-state index contributed by atoms with van der Waals surface area (Å²) in [6, 6.07) is 0.968. The number of nitrogens with zero attached hydrogens (tertiary/aromatic N) is 4. The largest absolute Gasteiger partial charge is 0.335 e. The van der Waals surface area contributed by atoms with Gasteiger partial charge in [-0.05, 0) is 40.7 Å². The topological polar surface area (TPSA) is 53.4 Å². The van der Waals surface area contributed by atoms with Crippen LogP contribution >= 0.6 is 0 Å². The van der Waals surface area contributed by atoms with Crippen LogP contribution in [0.25, 0.3) is 0 Å². The molecule has 2 aliphatic rings. The minimum absolute atomic E-state index is 0.0262. The molecule has 1 aromatic rings. The van der Waals surface area contributed by atoms with Crippen LogP contribution < -0.4 is 5.32 Å². The molecule has 1 aliphatic heterocycles. The summed E-state index contributed by atoms with van der Waals surface area (Å²) in [7, 11) is 2.14. The Morgan fingerprint density at radius 3 is 2.75 bits per heavy atom. The summed E-state index contributed by atoms with van der Waals surface area (Å²) in [4.78, 5) is 21.5. The molecule has 0 aromatic carbocycles. The number of nitrogens with one attached hydrogen (secondary N) is 1. The van der Waals surface area contributed by atoms with Gasteiger partial charge in [-0.2, -0.15) is 0 Å². The number of rotatable bonds is 4. The summed E-state index contributed by atoms with van der Waals surface area (Å²) in [5.41, 5.74) is 1.24. The van der Waals surface area contributed by atoms with Gasteiger partial charge in [0.2, 0.25) is 0 Å². The molecule has 0 radical (unpaired) electrons. The van der Waals surface area contributed by atoms with Gasteiger partial charge in [0.05, 0.1) is 11.7 Å². The quantitative estimate of drug-likeness (QED) is 0.922. The first kappa shape index (κ1) is 17.3. The van der Waals surface area contributed by atoms with Crippen LogP contribution in [-0.4, -0.2) is 51.1 Å². The Hall–Kier alpha value is -1.56. The first-order chi connectivity index (χ1) is 11.5. The van der Waals surface area contributed by atoms with E-state index >= 15 is 0 Å². The van der Waals surface area contributed by atoms with E-state index in [1.807, 2.05) is 11.1 Å². The third-order valence-corrected chi connectivity index (χ3v) is 5.61. The molecule has 0 saturated heterocycles. The first-order valence-electron chi connectivity index (χ1n) is 9.29. The predicted molar refractivity (Wildman–Crippen MR) is 94.7 cm³/mol. The van der Waals surface area contributed by atoms with Gasteiger partial charge >= 0.3 is 6.03 Å². The maximum atomic E-state index is 12.6. The Bertz CT molecular complexity index is 576. The number of imidazole rings is 1. The maximum Gasteiger partial charge on any atom is 0.318 e. The van der Waals surface area contributed by atoms with Crippen LogP contribution in [0.4, 0.5) is 4.79 Å². The van der Waals surface area contributed by atoms with Crippen molar-refractivity contribution in [3.8, 4) is 0 Å². The van der Waals surface area contributed by atoms with E-state index < -0.39 is 0 Å². The monoisotopic (exact) mass is 333 g/mol. The van der Waals surface area contributed by atoms with Crippen LogP contribution in [0.3, 0.4) is 0 Å². The van der Waals surface area contributed by atoms with Crippen molar-refractivity contribution < 1.29 is 4.79 Å². The SMILES string of the molecule is CC(C)N(C)Cc1cnc2n1CCN(C(=O)NC1CCCC1)[C@@H]2C. The average Bonchev–Trinajstić information content (AvgIpc) is 3.18. The lowest BCUT2D eigenvalue weighted by Gasteiger charge is -2.35. The number of urea groups is 1. The fraction of sp³-hybridized carbons (Fsp3) is 0.778. The summed E-state index contributed by atoms with van der Waals surface area (Å²) >= 11 is 0. The molecule has 1 N–H and O–H groups in total. The Kier molecular flexibility index (Phi) is 5.13. The second-order valence-corrected chi connectivity index (χ2v) is 7.57. The van der Waals surface area contributed by atoms with Crippen LogP contribution in [-0.2, 0) is 13.1 Å². The second-order valence-electron chi connectivity index (χ2n) is 7.57. The minimum atomic E-state index is 0.0262. The molecule has 0 spiro atoms. The molecule has 24 heavy (non-hydrogen) atoms. The molecule has 1 aliphatic carbocycles. The summed E-state index contributed by atoms with van der Waals surface area (Å²) in [6.07, 6.45) is 6.68. The van der Waals surface area contributed by atoms with Crippen LogP contribution in [0, 0.1) is 0 Å². The zero-order valence-electron chi connectivity index (χ0n) is 15.5. The molecule has 3 rings (SSSR count). The number of aromatic nitrogens is 2. The molecular weight excluding hydrogens is 302 g/mol. The van der Waals surface area contributed by atoms with Crippen molar-refractivity contribution in [2.45, 2.75) is 77.7 Å². The van der Waals surface area contributed by atoms with Crippen LogP contribution in [0.15, 0.2) is 6.20 Å². The second kappa shape index (κ2) is 7.13. The highest BCUT2D eigenvalue weighted by molar-refractivity contribution is 5.75.